The van der Waals surface area contributed by atoms with Crippen molar-refractivity contribution in [3.8, 4) is 40.0 Å². The van der Waals surface area contributed by atoms with E-state index in [1.807, 2.05) is 24.3 Å². The fraction of sp³-hybridized carbons (Fsp3) is 0.250. The standard InChI is InChI=1S/C20H19N5O2/c1-26-17-6-5-12(7-18(17)27-2)19-15(10-23-25-19)13-8-16(11-3-4-11)24-20(22)14(13)9-21/h5-8,10-11H,3-4H2,1-2H3,(H2,22,24)(H,23,25). The molecule has 1 aliphatic carbocycles. The molecule has 0 atom stereocenters. The smallest absolute Gasteiger partial charge is 0.161 e. The van der Waals surface area contributed by atoms with Gasteiger partial charge in [-0.1, -0.05) is 0 Å². The lowest BCUT2D eigenvalue weighted by Crippen LogP contribution is -2.01. The van der Waals surface area contributed by atoms with Gasteiger partial charge in [0.15, 0.2) is 11.5 Å². The van der Waals surface area contributed by atoms with Crippen LogP contribution < -0.4 is 15.2 Å². The zero-order chi connectivity index (χ0) is 19.0. The molecule has 4 rings (SSSR count). The van der Waals surface area contributed by atoms with Crippen LogP contribution in [0.1, 0.15) is 30.0 Å². The van der Waals surface area contributed by atoms with Gasteiger partial charge in [0.05, 0.1) is 26.1 Å². The molecule has 3 N–H and O–H groups in total. The van der Waals surface area contributed by atoms with Crippen molar-refractivity contribution < 1.29 is 9.47 Å². The Bertz CT molecular complexity index is 1050. The first-order valence-corrected chi connectivity index (χ1v) is 8.63. The van der Waals surface area contributed by atoms with Gasteiger partial charge in [0.25, 0.3) is 0 Å². The molecule has 1 fully saturated rings. The first-order chi connectivity index (χ1) is 13.2. The number of hydrogen-bond acceptors (Lipinski definition) is 6. The number of nitrogens with zero attached hydrogens (tertiary/aromatic N) is 3. The minimum absolute atomic E-state index is 0.261. The summed E-state index contributed by atoms with van der Waals surface area (Å²) in [6.45, 7) is 0. The maximum absolute atomic E-state index is 9.62. The number of nitrogens with two attached hydrogens (primary N) is 1. The van der Waals surface area contributed by atoms with E-state index in [4.69, 9.17) is 15.2 Å². The zero-order valence-corrected chi connectivity index (χ0v) is 15.1. The highest BCUT2D eigenvalue weighted by molar-refractivity contribution is 5.86. The van der Waals surface area contributed by atoms with Gasteiger partial charge in [-0.05, 0) is 37.1 Å². The third kappa shape index (κ3) is 2.95. The Morgan fingerprint density at radius 2 is 1.93 bits per heavy atom. The summed E-state index contributed by atoms with van der Waals surface area (Å²) in [6, 6.07) is 9.76. The number of nitrogen functional groups attached to an aromatic ring is 1. The summed E-state index contributed by atoms with van der Waals surface area (Å²) in [5.41, 5.74) is 10.6. The second kappa shape index (κ2) is 6.65. The zero-order valence-electron chi connectivity index (χ0n) is 15.1. The van der Waals surface area contributed by atoms with Crippen LogP contribution in [0, 0.1) is 11.3 Å². The lowest BCUT2D eigenvalue weighted by atomic mass is 9.97. The van der Waals surface area contributed by atoms with Crippen molar-refractivity contribution >= 4 is 5.82 Å². The quantitative estimate of drug-likeness (QED) is 0.720. The summed E-state index contributed by atoms with van der Waals surface area (Å²) in [4.78, 5) is 4.42. The molecule has 0 bridgehead atoms. The van der Waals surface area contributed by atoms with Crippen LogP contribution in [-0.4, -0.2) is 29.4 Å². The molecule has 0 amide bonds. The van der Waals surface area contributed by atoms with E-state index in [2.05, 4.69) is 21.3 Å². The number of pyridine rings is 1. The number of nitrogens with one attached hydrogen (secondary N) is 1. The maximum atomic E-state index is 9.62. The number of hydrogen-bond donors (Lipinski definition) is 2. The number of anilines is 1. The summed E-state index contributed by atoms with van der Waals surface area (Å²) in [5, 5.41) is 16.8. The normalized spacial score (nSPS) is 13.2. The van der Waals surface area contributed by atoms with E-state index in [0.717, 1.165) is 40.9 Å². The summed E-state index contributed by atoms with van der Waals surface area (Å²) >= 11 is 0. The molecule has 3 aromatic rings. The highest BCUT2D eigenvalue weighted by atomic mass is 16.5. The van der Waals surface area contributed by atoms with Crippen LogP contribution in [0.4, 0.5) is 5.82 Å². The molecule has 7 heteroatoms. The molecule has 0 aliphatic heterocycles. The average molecular weight is 361 g/mol. The molecule has 2 aromatic heterocycles. The van der Waals surface area contributed by atoms with E-state index in [1.165, 1.54) is 0 Å². The SMILES string of the molecule is COc1ccc(-c2[nH]ncc2-c2cc(C3CC3)nc(N)c2C#N)cc1OC. The van der Waals surface area contributed by atoms with Gasteiger partial charge in [-0.3, -0.25) is 5.10 Å². The molecule has 0 spiro atoms. The van der Waals surface area contributed by atoms with Crippen LogP contribution in [0.5, 0.6) is 11.5 Å². The lowest BCUT2D eigenvalue weighted by molar-refractivity contribution is 0.355. The minimum atomic E-state index is 0.261. The van der Waals surface area contributed by atoms with Gasteiger partial charge in [-0.2, -0.15) is 10.4 Å². The van der Waals surface area contributed by atoms with Crippen molar-refractivity contribution in [3.63, 3.8) is 0 Å². The molecule has 1 aliphatic rings. The number of methoxy groups -OCH3 is 2. The van der Waals surface area contributed by atoms with Crippen LogP contribution in [0.15, 0.2) is 30.5 Å². The fourth-order valence-electron chi connectivity index (χ4n) is 3.21. The van der Waals surface area contributed by atoms with Crippen LogP contribution in [0.3, 0.4) is 0 Å². The highest BCUT2D eigenvalue weighted by Crippen LogP contribution is 2.43. The Balaban J connectivity index is 1.87. The van der Waals surface area contributed by atoms with Crippen LogP contribution in [0.25, 0.3) is 22.4 Å². The summed E-state index contributed by atoms with van der Waals surface area (Å²) in [6.07, 6.45) is 3.91. The largest absolute Gasteiger partial charge is 0.493 e. The van der Waals surface area contributed by atoms with E-state index in [1.54, 1.807) is 20.4 Å². The number of aromatic nitrogens is 3. The molecular weight excluding hydrogens is 342 g/mol. The van der Waals surface area contributed by atoms with Gasteiger partial charge >= 0.3 is 0 Å². The number of H-pyrrole nitrogens is 1. The van der Waals surface area contributed by atoms with Gasteiger partial charge in [-0.15, -0.1) is 0 Å². The summed E-state index contributed by atoms with van der Waals surface area (Å²) in [5.74, 6) is 1.94. The number of aromatic amines is 1. The predicted octanol–water partition coefficient (Wildman–Crippen LogP) is 3.49. The van der Waals surface area contributed by atoms with Gasteiger partial charge in [0.1, 0.15) is 17.5 Å². The predicted molar refractivity (Wildman–Crippen MR) is 101 cm³/mol. The Labute approximate surface area is 156 Å². The molecular formula is C20H19N5O2. The third-order valence-electron chi connectivity index (χ3n) is 4.78. The number of nitriles is 1. The van der Waals surface area contributed by atoms with E-state index >= 15 is 0 Å². The Morgan fingerprint density at radius 1 is 1.15 bits per heavy atom. The molecule has 1 saturated carbocycles. The third-order valence-corrected chi connectivity index (χ3v) is 4.78. The Morgan fingerprint density at radius 3 is 2.59 bits per heavy atom. The van der Waals surface area contributed by atoms with Crippen molar-refractivity contribution in [2.45, 2.75) is 18.8 Å². The van der Waals surface area contributed by atoms with Crippen molar-refractivity contribution in [1.29, 1.82) is 5.26 Å². The molecule has 0 unspecified atom stereocenters. The molecule has 0 saturated heterocycles. The minimum Gasteiger partial charge on any atom is -0.493 e. The van der Waals surface area contributed by atoms with E-state index in [0.29, 0.717) is 23.0 Å². The molecule has 7 nitrogen and oxygen atoms in total. The topological polar surface area (TPSA) is 110 Å². The van der Waals surface area contributed by atoms with Crippen LogP contribution >= 0.6 is 0 Å². The average Bonchev–Trinajstić information content (AvgIpc) is 3.43. The first-order valence-electron chi connectivity index (χ1n) is 8.63. The van der Waals surface area contributed by atoms with Crippen LogP contribution in [0.2, 0.25) is 0 Å². The molecule has 136 valence electrons. The van der Waals surface area contributed by atoms with Gasteiger partial charge < -0.3 is 15.2 Å². The van der Waals surface area contributed by atoms with Crippen molar-refractivity contribution in [2.75, 3.05) is 20.0 Å². The van der Waals surface area contributed by atoms with Crippen molar-refractivity contribution in [2.24, 2.45) is 0 Å². The van der Waals surface area contributed by atoms with Gasteiger partial charge in [-0.25, -0.2) is 4.98 Å². The number of ether oxygens (including phenoxy) is 2. The second-order valence-electron chi connectivity index (χ2n) is 6.47. The molecule has 2 heterocycles. The Hall–Kier alpha value is -3.53. The lowest BCUT2D eigenvalue weighted by Gasteiger charge is -2.12. The monoisotopic (exact) mass is 361 g/mol. The summed E-state index contributed by atoms with van der Waals surface area (Å²) < 4.78 is 10.7. The van der Waals surface area contributed by atoms with Crippen molar-refractivity contribution in [3.05, 3.63) is 41.7 Å². The summed E-state index contributed by atoms with van der Waals surface area (Å²) in [7, 11) is 3.19. The molecule has 1 aromatic carbocycles. The first kappa shape index (κ1) is 16.9. The number of benzene rings is 1. The number of rotatable bonds is 5. The van der Waals surface area contributed by atoms with E-state index in [9.17, 15) is 5.26 Å². The maximum Gasteiger partial charge on any atom is 0.161 e. The Kier molecular flexibility index (Phi) is 4.16. The van der Waals surface area contributed by atoms with E-state index in [-0.39, 0.29) is 5.82 Å². The molecule has 0 radical (unpaired) electrons. The second-order valence-corrected chi connectivity index (χ2v) is 6.47. The highest BCUT2D eigenvalue weighted by Gasteiger charge is 2.28. The fourth-order valence-corrected chi connectivity index (χ4v) is 3.21. The van der Waals surface area contributed by atoms with Gasteiger partial charge in [0.2, 0.25) is 0 Å². The van der Waals surface area contributed by atoms with Crippen LogP contribution in [-0.2, 0) is 0 Å². The van der Waals surface area contributed by atoms with Crippen molar-refractivity contribution in [1.82, 2.24) is 15.2 Å². The van der Waals surface area contributed by atoms with Gasteiger partial charge in [0, 0.05) is 28.3 Å². The van der Waals surface area contributed by atoms with E-state index < -0.39 is 0 Å². The molecule has 27 heavy (non-hydrogen) atoms.